The largest absolute Gasteiger partial charge is 0.467 e. The van der Waals surface area contributed by atoms with Gasteiger partial charge in [-0.2, -0.15) is 0 Å². The van der Waals surface area contributed by atoms with Gasteiger partial charge in [0.15, 0.2) is 0 Å². The van der Waals surface area contributed by atoms with Crippen molar-refractivity contribution in [3.63, 3.8) is 0 Å². The molecule has 0 aliphatic carbocycles. The van der Waals surface area contributed by atoms with E-state index in [1.807, 2.05) is 6.07 Å². The summed E-state index contributed by atoms with van der Waals surface area (Å²) in [5.74, 6) is 1.04. The van der Waals surface area contributed by atoms with E-state index in [0.717, 1.165) is 29.9 Å². The maximum absolute atomic E-state index is 5.44. The van der Waals surface area contributed by atoms with Crippen LogP contribution >= 0.6 is 15.9 Å². The van der Waals surface area contributed by atoms with E-state index in [-0.39, 0.29) is 0 Å². The fraction of sp³-hybridized carbons (Fsp3) is 0.667. The van der Waals surface area contributed by atoms with E-state index in [4.69, 9.17) is 4.42 Å². The number of piperidine rings is 1. The van der Waals surface area contributed by atoms with Crippen molar-refractivity contribution in [3.8, 4) is 0 Å². The van der Waals surface area contributed by atoms with Gasteiger partial charge in [0.2, 0.25) is 0 Å². The molecule has 90 valence electrons. The topological polar surface area (TPSA) is 28.4 Å². The fourth-order valence-electron chi connectivity index (χ4n) is 2.10. The Balaban J connectivity index is 1.88. The second-order valence-corrected chi connectivity index (χ2v) is 5.63. The molecule has 2 heterocycles. The molecule has 0 amide bonds. The van der Waals surface area contributed by atoms with Crippen LogP contribution in [0, 0.1) is 0 Å². The number of nitrogens with zero attached hydrogens (tertiary/aromatic N) is 1. The van der Waals surface area contributed by atoms with Crippen molar-refractivity contribution in [2.75, 3.05) is 20.1 Å². The third kappa shape index (κ3) is 2.67. The lowest BCUT2D eigenvalue weighted by atomic mass is 9.90. The summed E-state index contributed by atoms with van der Waals surface area (Å²) >= 11 is 3.50. The summed E-state index contributed by atoms with van der Waals surface area (Å²) in [4.78, 5) is 2.45. The second kappa shape index (κ2) is 4.90. The zero-order valence-corrected chi connectivity index (χ0v) is 11.5. The van der Waals surface area contributed by atoms with Gasteiger partial charge in [0.05, 0.1) is 17.3 Å². The standard InChI is InChI=1S/C12H19BrN2O/c1-12(14-2)4-6-15(7-5-12)9-11-10(13)3-8-16-11/h3,8,14H,4-7,9H2,1-2H3. The van der Waals surface area contributed by atoms with Crippen molar-refractivity contribution < 1.29 is 4.42 Å². The van der Waals surface area contributed by atoms with Crippen molar-refractivity contribution in [1.29, 1.82) is 0 Å². The first kappa shape index (κ1) is 12.1. The summed E-state index contributed by atoms with van der Waals surface area (Å²) < 4.78 is 6.52. The van der Waals surface area contributed by atoms with Crippen LogP contribution < -0.4 is 5.32 Å². The van der Waals surface area contributed by atoms with Gasteiger partial charge in [0.1, 0.15) is 5.76 Å². The molecule has 0 atom stereocenters. The smallest absolute Gasteiger partial charge is 0.131 e. The molecule has 1 fully saturated rings. The van der Waals surface area contributed by atoms with E-state index in [9.17, 15) is 0 Å². The molecular weight excluding hydrogens is 268 g/mol. The maximum Gasteiger partial charge on any atom is 0.131 e. The molecule has 3 nitrogen and oxygen atoms in total. The van der Waals surface area contributed by atoms with Gasteiger partial charge in [0, 0.05) is 18.6 Å². The molecule has 1 saturated heterocycles. The van der Waals surface area contributed by atoms with Crippen LogP contribution in [0.2, 0.25) is 0 Å². The molecule has 0 unspecified atom stereocenters. The molecule has 1 N–H and O–H groups in total. The number of hydrogen-bond acceptors (Lipinski definition) is 3. The van der Waals surface area contributed by atoms with E-state index in [2.05, 4.69) is 40.1 Å². The zero-order valence-electron chi connectivity index (χ0n) is 9.92. The Kier molecular flexibility index (Phi) is 3.72. The molecule has 0 saturated carbocycles. The average Bonchev–Trinajstić information content (AvgIpc) is 2.68. The van der Waals surface area contributed by atoms with E-state index in [1.165, 1.54) is 12.8 Å². The Morgan fingerprint density at radius 2 is 2.19 bits per heavy atom. The van der Waals surface area contributed by atoms with Gasteiger partial charge in [0.25, 0.3) is 0 Å². The Hall–Kier alpha value is -0.320. The van der Waals surface area contributed by atoms with Crippen LogP contribution in [0.25, 0.3) is 0 Å². The van der Waals surface area contributed by atoms with Crippen LogP contribution in [0.1, 0.15) is 25.5 Å². The monoisotopic (exact) mass is 286 g/mol. The first-order chi connectivity index (χ1) is 7.63. The molecule has 16 heavy (non-hydrogen) atoms. The Bertz CT molecular complexity index is 343. The number of hydrogen-bond donors (Lipinski definition) is 1. The normalized spacial score (nSPS) is 21.2. The van der Waals surface area contributed by atoms with Crippen molar-refractivity contribution in [2.45, 2.75) is 31.8 Å². The highest BCUT2D eigenvalue weighted by molar-refractivity contribution is 9.10. The average molecular weight is 287 g/mol. The molecule has 4 heteroatoms. The van der Waals surface area contributed by atoms with Gasteiger partial charge in [-0.3, -0.25) is 4.90 Å². The molecule has 0 bridgehead atoms. The summed E-state index contributed by atoms with van der Waals surface area (Å²) in [6.07, 6.45) is 4.13. The summed E-state index contributed by atoms with van der Waals surface area (Å²) in [7, 11) is 2.05. The van der Waals surface area contributed by atoms with Crippen molar-refractivity contribution in [1.82, 2.24) is 10.2 Å². The minimum absolute atomic E-state index is 0.316. The van der Waals surface area contributed by atoms with E-state index in [0.29, 0.717) is 5.54 Å². The van der Waals surface area contributed by atoms with Crippen molar-refractivity contribution in [2.24, 2.45) is 0 Å². The first-order valence-electron chi connectivity index (χ1n) is 5.76. The number of halogens is 1. The number of likely N-dealkylation sites (tertiary alicyclic amines) is 1. The summed E-state index contributed by atoms with van der Waals surface area (Å²) in [5.41, 5.74) is 0.316. The van der Waals surface area contributed by atoms with Crippen molar-refractivity contribution in [3.05, 3.63) is 22.6 Å². The molecule has 2 rings (SSSR count). The van der Waals surface area contributed by atoms with Crippen LogP contribution in [-0.2, 0) is 6.54 Å². The quantitative estimate of drug-likeness (QED) is 0.926. The Morgan fingerprint density at radius 1 is 1.50 bits per heavy atom. The Morgan fingerprint density at radius 3 is 2.69 bits per heavy atom. The van der Waals surface area contributed by atoms with Crippen molar-refractivity contribution >= 4 is 15.9 Å². The minimum Gasteiger partial charge on any atom is -0.467 e. The van der Waals surface area contributed by atoms with Crippen LogP contribution in [0.5, 0.6) is 0 Å². The molecule has 1 aliphatic rings. The van der Waals surface area contributed by atoms with Crippen LogP contribution in [-0.4, -0.2) is 30.6 Å². The van der Waals surface area contributed by atoms with Gasteiger partial charge in [-0.05, 0) is 48.8 Å². The van der Waals surface area contributed by atoms with Gasteiger partial charge in [-0.1, -0.05) is 0 Å². The highest BCUT2D eigenvalue weighted by Gasteiger charge is 2.28. The van der Waals surface area contributed by atoms with Crippen LogP contribution in [0.3, 0.4) is 0 Å². The number of furan rings is 1. The van der Waals surface area contributed by atoms with E-state index < -0.39 is 0 Å². The number of nitrogens with one attached hydrogen (secondary N) is 1. The second-order valence-electron chi connectivity index (χ2n) is 4.78. The van der Waals surface area contributed by atoms with Crippen LogP contribution in [0.15, 0.2) is 21.2 Å². The summed E-state index contributed by atoms with van der Waals surface area (Å²) in [6, 6.07) is 1.96. The lowest BCUT2D eigenvalue weighted by Crippen LogP contribution is -2.49. The highest BCUT2D eigenvalue weighted by atomic mass is 79.9. The van der Waals surface area contributed by atoms with Gasteiger partial charge in [-0.25, -0.2) is 0 Å². The molecule has 1 aromatic rings. The predicted molar refractivity (Wildman–Crippen MR) is 68.4 cm³/mol. The van der Waals surface area contributed by atoms with Crippen LogP contribution in [0.4, 0.5) is 0 Å². The fourth-order valence-corrected chi connectivity index (χ4v) is 2.42. The molecule has 0 aromatic carbocycles. The van der Waals surface area contributed by atoms with E-state index in [1.54, 1.807) is 6.26 Å². The highest BCUT2D eigenvalue weighted by Crippen LogP contribution is 2.25. The predicted octanol–water partition coefficient (Wildman–Crippen LogP) is 2.62. The number of rotatable bonds is 3. The Labute approximate surface area is 105 Å². The molecule has 1 aliphatic heterocycles. The van der Waals surface area contributed by atoms with Gasteiger partial charge >= 0.3 is 0 Å². The van der Waals surface area contributed by atoms with Gasteiger partial charge in [-0.15, -0.1) is 0 Å². The SMILES string of the molecule is CNC1(C)CCN(Cc2occc2Br)CC1. The molecular formula is C12H19BrN2O. The third-order valence-electron chi connectivity index (χ3n) is 3.62. The summed E-state index contributed by atoms with van der Waals surface area (Å²) in [5, 5.41) is 3.41. The lowest BCUT2D eigenvalue weighted by Gasteiger charge is -2.39. The molecule has 0 spiro atoms. The summed E-state index contributed by atoms with van der Waals surface area (Å²) in [6.45, 7) is 5.47. The van der Waals surface area contributed by atoms with Gasteiger partial charge < -0.3 is 9.73 Å². The minimum atomic E-state index is 0.316. The molecule has 1 aromatic heterocycles. The maximum atomic E-state index is 5.44. The first-order valence-corrected chi connectivity index (χ1v) is 6.55. The lowest BCUT2D eigenvalue weighted by molar-refractivity contribution is 0.138. The van der Waals surface area contributed by atoms with E-state index >= 15 is 0 Å². The molecule has 0 radical (unpaired) electrons. The zero-order chi connectivity index (χ0) is 11.6. The third-order valence-corrected chi connectivity index (χ3v) is 4.33.